The van der Waals surface area contributed by atoms with Gasteiger partial charge in [0.2, 0.25) is 0 Å². The van der Waals surface area contributed by atoms with Crippen molar-refractivity contribution in [2.45, 2.75) is 19.8 Å². The zero-order valence-corrected chi connectivity index (χ0v) is 26.7. The molecule has 0 radical (unpaired) electrons. The monoisotopic (exact) mass is 619 g/mol. The van der Waals surface area contributed by atoms with E-state index < -0.39 is 0 Å². The highest BCUT2D eigenvalue weighted by molar-refractivity contribution is 6.12. The molecule has 0 saturated heterocycles. The number of furan rings is 1. The van der Waals surface area contributed by atoms with Crippen molar-refractivity contribution in [2.24, 2.45) is 0 Å². The van der Waals surface area contributed by atoms with Gasteiger partial charge in [-0.2, -0.15) is 0 Å². The van der Waals surface area contributed by atoms with E-state index in [0.29, 0.717) is 17.5 Å². The molecule has 0 saturated carbocycles. The first-order valence-electron chi connectivity index (χ1n) is 16.4. The molecule has 1 aliphatic rings. The van der Waals surface area contributed by atoms with Gasteiger partial charge in [-0.3, -0.25) is 0 Å². The summed E-state index contributed by atoms with van der Waals surface area (Å²) in [5.74, 6) is 1.97. The second-order valence-corrected chi connectivity index (χ2v) is 11.9. The number of hydrogen-bond acceptors (Lipinski definition) is 4. The fourth-order valence-corrected chi connectivity index (χ4v) is 6.29. The molecule has 4 nitrogen and oxygen atoms in total. The smallest absolute Gasteiger partial charge is 0.164 e. The molecule has 230 valence electrons. The maximum absolute atomic E-state index is 6.46. The second kappa shape index (κ2) is 12.9. The number of allylic oxidation sites excluding steroid dienone is 5. The fraction of sp³-hybridized carbons (Fsp3) is 0.0682. The fourth-order valence-electron chi connectivity index (χ4n) is 6.29. The Kier molecular flexibility index (Phi) is 7.89. The summed E-state index contributed by atoms with van der Waals surface area (Å²) in [7, 11) is 0. The molecule has 0 fully saturated rings. The largest absolute Gasteiger partial charge is 0.456 e. The molecule has 1 aliphatic carbocycles. The van der Waals surface area contributed by atoms with Crippen molar-refractivity contribution < 1.29 is 4.42 Å². The lowest BCUT2D eigenvalue weighted by Crippen LogP contribution is -2.22. The highest BCUT2D eigenvalue weighted by Gasteiger charge is 2.18. The van der Waals surface area contributed by atoms with Crippen LogP contribution in [-0.4, -0.2) is 15.0 Å². The molecule has 0 bridgehead atoms. The molecule has 8 rings (SSSR count). The van der Waals surface area contributed by atoms with Crippen LogP contribution in [0.1, 0.15) is 31.2 Å². The minimum absolute atomic E-state index is 0.633. The van der Waals surface area contributed by atoms with Crippen molar-refractivity contribution in [2.75, 3.05) is 0 Å². The van der Waals surface area contributed by atoms with Crippen molar-refractivity contribution in [3.05, 3.63) is 161 Å². The van der Waals surface area contributed by atoms with Crippen LogP contribution in [0.5, 0.6) is 0 Å². The van der Waals surface area contributed by atoms with Gasteiger partial charge in [-0.15, -0.1) is 0 Å². The van der Waals surface area contributed by atoms with Gasteiger partial charge in [0.1, 0.15) is 11.2 Å². The predicted molar refractivity (Wildman–Crippen MR) is 199 cm³/mol. The average molecular weight is 620 g/mol. The van der Waals surface area contributed by atoms with E-state index >= 15 is 0 Å². The van der Waals surface area contributed by atoms with Crippen LogP contribution in [0.15, 0.2) is 144 Å². The first kappa shape index (κ1) is 29.3. The third kappa shape index (κ3) is 5.80. The second-order valence-electron chi connectivity index (χ2n) is 11.9. The first-order valence-corrected chi connectivity index (χ1v) is 16.4. The maximum atomic E-state index is 6.46. The van der Waals surface area contributed by atoms with Gasteiger partial charge in [-0.05, 0) is 65.1 Å². The van der Waals surface area contributed by atoms with Gasteiger partial charge in [0.05, 0.1) is 0 Å². The van der Waals surface area contributed by atoms with Crippen molar-refractivity contribution >= 4 is 45.7 Å². The van der Waals surface area contributed by atoms with E-state index in [1.165, 1.54) is 10.4 Å². The number of benzene rings is 5. The number of rotatable bonds is 6. The Labute approximate surface area is 279 Å². The molecule has 7 aromatic rings. The van der Waals surface area contributed by atoms with Gasteiger partial charge in [-0.1, -0.05) is 140 Å². The average Bonchev–Trinajstić information content (AvgIpc) is 3.54. The van der Waals surface area contributed by atoms with Crippen LogP contribution in [0.3, 0.4) is 0 Å². The minimum Gasteiger partial charge on any atom is -0.456 e. The summed E-state index contributed by atoms with van der Waals surface area (Å²) >= 11 is 0. The van der Waals surface area contributed by atoms with Gasteiger partial charge in [0, 0.05) is 27.5 Å². The molecule has 0 aliphatic heterocycles. The van der Waals surface area contributed by atoms with Gasteiger partial charge in [0.15, 0.2) is 17.5 Å². The van der Waals surface area contributed by atoms with Crippen LogP contribution in [0.2, 0.25) is 0 Å². The molecule has 2 heterocycles. The molecule has 2 aromatic heterocycles. The molecule has 0 amide bonds. The number of fused-ring (bicyclic) bond motifs is 3. The van der Waals surface area contributed by atoms with E-state index in [1.807, 2.05) is 42.5 Å². The van der Waals surface area contributed by atoms with Gasteiger partial charge in [-0.25, -0.2) is 15.0 Å². The topological polar surface area (TPSA) is 51.8 Å². The van der Waals surface area contributed by atoms with Gasteiger partial charge >= 0.3 is 0 Å². The lowest BCUT2D eigenvalue weighted by Gasteiger charge is -2.11. The van der Waals surface area contributed by atoms with E-state index in [0.717, 1.165) is 68.2 Å². The standard InChI is InChI=1S/C44H33N3O/c1-2-31-14-9-10-15-32(31)20-11-13-30-23-25-33(26-24-30)36-27-28-37-40(29-36)48-39-22-12-21-38(41(37)39)44-46-42(34-16-5-3-6-17-34)45-43(47-44)35-18-7-4-8-19-35/h2-3,5-7,9-29H,4,8H2,1H3/b13-11+,31-2-,32-20-. The summed E-state index contributed by atoms with van der Waals surface area (Å²) < 4.78 is 6.46. The Balaban J connectivity index is 1.16. The normalized spacial score (nSPS) is 14.0. The predicted octanol–water partition coefficient (Wildman–Crippen LogP) is 9.80. The highest BCUT2D eigenvalue weighted by Crippen LogP contribution is 2.38. The summed E-state index contributed by atoms with van der Waals surface area (Å²) in [5.41, 5.74) is 7.92. The highest BCUT2D eigenvalue weighted by atomic mass is 16.3. The lowest BCUT2D eigenvalue weighted by atomic mass is 10.0. The van der Waals surface area contributed by atoms with Crippen LogP contribution in [-0.2, 0) is 0 Å². The number of aromatic nitrogens is 3. The molecule has 0 N–H and O–H groups in total. The Morgan fingerprint density at radius 3 is 2.21 bits per heavy atom. The van der Waals surface area contributed by atoms with Crippen molar-refractivity contribution in [1.29, 1.82) is 0 Å². The molecule has 4 heteroatoms. The molecule has 0 atom stereocenters. The molecular formula is C44H33N3O. The molecular weight excluding hydrogens is 587 g/mol. The third-order valence-electron chi connectivity index (χ3n) is 8.77. The zero-order chi connectivity index (χ0) is 32.3. The number of nitrogens with zero attached hydrogens (tertiary/aromatic N) is 3. The first-order chi connectivity index (χ1) is 23.7. The lowest BCUT2D eigenvalue weighted by molar-refractivity contribution is 0.669. The maximum Gasteiger partial charge on any atom is 0.164 e. The van der Waals surface area contributed by atoms with E-state index in [1.54, 1.807) is 0 Å². The molecule has 0 unspecified atom stereocenters. The van der Waals surface area contributed by atoms with Gasteiger partial charge in [0.25, 0.3) is 0 Å². The van der Waals surface area contributed by atoms with E-state index in [4.69, 9.17) is 19.4 Å². The summed E-state index contributed by atoms with van der Waals surface area (Å²) in [5, 5.41) is 4.48. The van der Waals surface area contributed by atoms with Gasteiger partial charge < -0.3 is 4.42 Å². The Morgan fingerprint density at radius 1 is 0.625 bits per heavy atom. The summed E-state index contributed by atoms with van der Waals surface area (Å²) in [6.45, 7) is 2.07. The minimum atomic E-state index is 0.633. The SMILES string of the molecule is C/C=c1/cccc/c1=C/C=C/c1ccc(-c2ccc3c(c2)oc2cccc(-c4nc(C5=CCCC=C5)nc(-c5ccccc5)n4)c23)cc1. The van der Waals surface area contributed by atoms with Crippen molar-refractivity contribution in [3.63, 3.8) is 0 Å². The van der Waals surface area contributed by atoms with Crippen LogP contribution >= 0.6 is 0 Å². The van der Waals surface area contributed by atoms with Crippen LogP contribution in [0.25, 0.3) is 79.6 Å². The molecule has 48 heavy (non-hydrogen) atoms. The Morgan fingerprint density at radius 2 is 1.40 bits per heavy atom. The summed E-state index contributed by atoms with van der Waals surface area (Å²) in [6.07, 6.45) is 17.0. The summed E-state index contributed by atoms with van der Waals surface area (Å²) in [6, 6.07) is 39.7. The van der Waals surface area contributed by atoms with E-state index in [2.05, 4.69) is 122 Å². The van der Waals surface area contributed by atoms with Crippen LogP contribution in [0.4, 0.5) is 0 Å². The van der Waals surface area contributed by atoms with E-state index in [9.17, 15) is 0 Å². The van der Waals surface area contributed by atoms with E-state index in [-0.39, 0.29) is 0 Å². The quantitative estimate of drug-likeness (QED) is 0.186. The molecule has 5 aromatic carbocycles. The van der Waals surface area contributed by atoms with Crippen LogP contribution in [0, 0.1) is 0 Å². The third-order valence-corrected chi connectivity index (χ3v) is 8.77. The number of hydrogen-bond donors (Lipinski definition) is 0. The molecule has 0 spiro atoms. The zero-order valence-electron chi connectivity index (χ0n) is 26.7. The Bertz CT molecular complexity index is 2500. The Hall–Kier alpha value is -6.13. The van der Waals surface area contributed by atoms with Crippen molar-refractivity contribution in [1.82, 2.24) is 15.0 Å². The summed E-state index contributed by atoms with van der Waals surface area (Å²) in [4.78, 5) is 14.9. The van der Waals surface area contributed by atoms with Crippen LogP contribution < -0.4 is 10.4 Å². The van der Waals surface area contributed by atoms with Crippen molar-refractivity contribution in [3.8, 4) is 33.9 Å².